The van der Waals surface area contributed by atoms with Crippen molar-refractivity contribution in [3.63, 3.8) is 0 Å². The highest BCUT2D eigenvalue weighted by Gasteiger charge is 2.21. The van der Waals surface area contributed by atoms with Crippen molar-refractivity contribution in [1.82, 2.24) is 0 Å². The lowest BCUT2D eigenvalue weighted by Gasteiger charge is -2.12. The van der Waals surface area contributed by atoms with Gasteiger partial charge in [-0.25, -0.2) is 22.0 Å². The van der Waals surface area contributed by atoms with Gasteiger partial charge >= 0.3 is 0 Å². The van der Waals surface area contributed by atoms with Gasteiger partial charge in [0.15, 0.2) is 0 Å². The van der Waals surface area contributed by atoms with Gasteiger partial charge in [-0.1, -0.05) is 17.7 Å². The fourth-order valence-corrected chi connectivity index (χ4v) is 4.37. The molecular formula is C14H15ClN2O5S2. The first-order valence-electron chi connectivity index (χ1n) is 6.54. The van der Waals surface area contributed by atoms with Crippen molar-refractivity contribution in [3.8, 4) is 5.75 Å². The lowest BCUT2D eigenvalue weighted by atomic mass is 10.2. The van der Waals surface area contributed by atoms with E-state index in [1.807, 2.05) is 0 Å². The lowest BCUT2D eigenvalue weighted by Crippen LogP contribution is -2.16. The second-order valence-corrected chi connectivity index (χ2v) is 8.54. The Hall–Kier alpha value is -1.81. The largest absolute Gasteiger partial charge is 0.495 e. The van der Waals surface area contributed by atoms with Crippen LogP contribution >= 0.6 is 11.6 Å². The van der Waals surface area contributed by atoms with Crippen LogP contribution in [-0.4, -0.2) is 23.9 Å². The Morgan fingerprint density at radius 1 is 1.04 bits per heavy atom. The van der Waals surface area contributed by atoms with Crippen molar-refractivity contribution in [2.45, 2.75) is 16.7 Å². The predicted octanol–water partition coefficient (Wildman–Crippen LogP) is 2.11. The van der Waals surface area contributed by atoms with E-state index in [9.17, 15) is 16.8 Å². The fraction of sp³-hybridized carbons (Fsp3) is 0.143. The summed E-state index contributed by atoms with van der Waals surface area (Å²) in [5.74, 6) is 0.00816. The summed E-state index contributed by atoms with van der Waals surface area (Å²) in [7, 11) is -6.81. The van der Waals surface area contributed by atoms with Crippen LogP contribution in [0.4, 0.5) is 5.69 Å². The van der Waals surface area contributed by atoms with Crippen LogP contribution in [-0.2, 0) is 20.0 Å². The number of anilines is 1. The van der Waals surface area contributed by atoms with Gasteiger partial charge < -0.3 is 4.74 Å². The van der Waals surface area contributed by atoms with Crippen molar-refractivity contribution in [2.75, 3.05) is 11.8 Å². The number of aryl methyl sites for hydroxylation is 1. The van der Waals surface area contributed by atoms with E-state index in [1.54, 1.807) is 13.0 Å². The molecule has 0 aliphatic rings. The molecule has 0 bridgehead atoms. The first kappa shape index (κ1) is 18.5. The van der Waals surface area contributed by atoms with E-state index in [2.05, 4.69) is 4.72 Å². The molecule has 130 valence electrons. The molecule has 2 aromatic rings. The third-order valence-corrected chi connectivity index (χ3v) is 5.90. The normalized spacial score (nSPS) is 12.0. The van der Waals surface area contributed by atoms with Gasteiger partial charge in [0.1, 0.15) is 15.5 Å². The molecule has 0 aliphatic carbocycles. The molecule has 10 heteroatoms. The maximum absolute atomic E-state index is 12.4. The standard InChI is InChI=1S/C14H15ClN2O5S2/c1-9-3-6-13(11(15)7-9)24(20,21)17-10-4-5-12(22-2)14(8-10)23(16,18)19/h3-8,17H,1-2H3,(H2,16,18,19). The molecule has 0 saturated heterocycles. The number of nitrogens with two attached hydrogens (primary N) is 1. The van der Waals surface area contributed by atoms with Crippen molar-refractivity contribution in [1.29, 1.82) is 0 Å². The molecule has 0 amide bonds. The SMILES string of the molecule is COc1ccc(NS(=O)(=O)c2ccc(C)cc2Cl)cc1S(N)(=O)=O. The number of nitrogens with one attached hydrogen (secondary N) is 1. The average molecular weight is 391 g/mol. The fourth-order valence-electron chi connectivity index (χ4n) is 2.00. The van der Waals surface area contributed by atoms with Gasteiger partial charge in [0.05, 0.1) is 17.8 Å². The smallest absolute Gasteiger partial charge is 0.263 e. The van der Waals surface area contributed by atoms with Gasteiger partial charge in [-0.2, -0.15) is 0 Å². The lowest BCUT2D eigenvalue weighted by molar-refractivity contribution is 0.403. The summed E-state index contributed by atoms with van der Waals surface area (Å²) in [5.41, 5.74) is 0.816. The summed E-state index contributed by atoms with van der Waals surface area (Å²) < 4.78 is 55.3. The van der Waals surface area contributed by atoms with Gasteiger partial charge in [-0.05, 0) is 42.8 Å². The van der Waals surface area contributed by atoms with Crippen LogP contribution in [0.5, 0.6) is 5.75 Å². The number of benzene rings is 2. The van der Waals surface area contributed by atoms with Crippen LogP contribution in [0, 0.1) is 6.92 Å². The zero-order valence-electron chi connectivity index (χ0n) is 12.8. The summed E-state index contributed by atoms with van der Waals surface area (Å²) in [6, 6.07) is 8.21. The van der Waals surface area contributed by atoms with E-state index in [0.717, 1.165) is 11.6 Å². The summed E-state index contributed by atoms with van der Waals surface area (Å²) in [5, 5.41) is 5.17. The Morgan fingerprint density at radius 3 is 2.25 bits per heavy atom. The maximum Gasteiger partial charge on any atom is 0.263 e. The number of ether oxygens (including phenoxy) is 1. The van der Waals surface area contributed by atoms with Gasteiger partial charge in [-0.15, -0.1) is 0 Å². The molecule has 0 radical (unpaired) electrons. The Balaban J connectivity index is 2.47. The molecule has 0 aromatic heterocycles. The van der Waals surface area contributed by atoms with Crippen molar-refractivity contribution in [3.05, 3.63) is 47.0 Å². The molecule has 0 aliphatic heterocycles. The highest BCUT2D eigenvalue weighted by molar-refractivity contribution is 7.92. The van der Waals surface area contributed by atoms with Gasteiger partial charge in [0.25, 0.3) is 10.0 Å². The summed E-state index contributed by atoms with van der Waals surface area (Å²) in [4.78, 5) is -0.456. The number of sulfonamides is 2. The number of hydrogen-bond donors (Lipinski definition) is 2. The molecule has 0 fully saturated rings. The molecule has 2 aromatic carbocycles. The summed E-state index contributed by atoms with van der Waals surface area (Å²) >= 11 is 5.98. The number of primary sulfonamides is 1. The minimum Gasteiger partial charge on any atom is -0.495 e. The molecule has 0 unspecified atom stereocenters. The minimum absolute atomic E-state index is 0.00816. The second kappa shape index (κ2) is 6.60. The van der Waals surface area contributed by atoms with E-state index in [-0.39, 0.29) is 26.3 Å². The molecule has 0 saturated carbocycles. The minimum atomic E-state index is -4.09. The Kier molecular flexibility index (Phi) is 5.09. The second-order valence-electron chi connectivity index (χ2n) is 4.95. The van der Waals surface area contributed by atoms with Crippen LogP contribution in [0.25, 0.3) is 0 Å². The first-order chi connectivity index (χ1) is 11.0. The van der Waals surface area contributed by atoms with Crippen LogP contribution in [0.2, 0.25) is 5.02 Å². The topological polar surface area (TPSA) is 116 Å². The molecule has 0 heterocycles. The highest BCUT2D eigenvalue weighted by Crippen LogP contribution is 2.29. The van der Waals surface area contributed by atoms with Crippen LogP contribution in [0.3, 0.4) is 0 Å². The van der Waals surface area contributed by atoms with Gasteiger partial charge in [0, 0.05) is 0 Å². The molecule has 0 spiro atoms. The quantitative estimate of drug-likeness (QED) is 0.811. The summed E-state index contributed by atoms with van der Waals surface area (Å²) in [6.07, 6.45) is 0. The number of rotatable bonds is 5. The van der Waals surface area contributed by atoms with Crippen molar-refractivity contribution in [2.24, 2.45) is 5.14 Å². The van der Waals surface area contributed by atoms with E-state index in [1.165, 1.54) is 31.4 Å². The van der Waals surface area contributed by atoms with Crippen molar-refractivity contribution < 1.29 is 21.6 Å². The molecule has 0 atom stereocenters. The average Bonchev–Trinajstić information content (AvgIpc) is 2.45. The van der Waals surface area contributed by atoms with Crippen molar-refractivity contribution >= 4 is 37.3 Å². The molecule has 24 heavy (non-hydrogen) atoms. The van der Waals surface area contributed by atoms with Crippen LogP contribution in [0.15, 0.2) is 46.2 Å². The molecular weight excluding hydrogens is 376 g/mol. The number of methoxy groups -OCH3 is 1. The van der Waals surface area contributed by atoms with E-state index in [4.69, 9.17) is 21.5 Å². The first-order valence-corrected chi connectivity index (χ1v) is 9.95. The highest BCUT2D eigenvalue weighted by atomic mass is 35.5. The monoisotopic (exact) mass is 390 g/mol. The Morgan fingerprint density at radius 2 is 1.71 bits per heavy atom. The zero-order chi connectivity index (χ0) is 18.1. The van der Waals surface area contributed by atoms with Crippen LogP contribution in [0.1, 0.15) is 5.56 Å². The molecule has 2 rings (SSSR count). The number of halogens is 1. The number of hydrogen-bond acceptors (Lipinski definition) is 5. The van der Waals surface area contributed by atoms with E-state index >= 15 is 0 Å². The molecule has 7 nitrogen and oxygen atoms in total. The molecule has 3 N–H and O–H groups in total. The Bertz CT molecular complexity index is 988. The Labute approximate surface area is 145 Å². The maximum atomic E-state index is 12.4. The summed E-state index contributed by atoms with van der Waals surface area (Å²) in [6.45, 7) is 1.78. The van der Waals surface area contributed by atoms with E-state index < -0.39 is 20.0 Å². The van der Waals surface area contributed by atoms with Gasteiger partial charge in [-0.3, -0.25) is 4.72 Å². The van der Waals surface area contributed by atoms with Gasteiger partial charge in [0.2, 0.25) is 10.0 Å². The third-order valence-electron chi connectivity index (χ3n) is 3.10. The zero-order valence-corrected chi connectivity index (χ0v) is 15.2. The van der Waals surface area contributed by atoms with Crippen LogP contribution < -0.4 is 14.6 Å². The third kappa shape index (κ3) is 3.99. The van der Waals surface area contributed by atoms with E-state index in [0.29, 0.717) is 0 Å². The predicted molar refractivity (Wildman–Crippen MR) is 91.4 cm³/mol.